The molecule has 1 fully saturated rings. The van der Waals surface area contributed by atoms with E-state index in [1.807, 2.05) is 13.8 Å². The van der Waals surface area contributed by atoms with Gasteiger partial charge in [0.25, 0.3) is 0 Å². The number of benzene rings is 1. The second-order valence-electron chi connectivity index (χ2n) is 6.47. The molecule has 3 unspecified atom stereocenters. The van der Waals surface area contributed by atoms with E-state index in [0.29, 0.717) is 36.7 Å². The SMILES string of the molecule is CCCC(N)C(=O)NCC(c1c(F)cccc1Cl)N1CCOC(C)C1. The number of nitrogens with zero attached hydrogens (tertiary/aromatic N) is 1. The summed E-state index contributed by atoms with van der Waals surface area (Å²) >= 11 is 6.27. The van der Waals surface area contributed by atoms with Crippen LogP contribution in [0.2, 0.25) is 5.02 Å². The number of nitrogens with one attached hydrogen (secondary N) is 1. The molecule has 1 aliphatic heterocycles. The molecule has 1 heterocycles. The average Bonchev–Trinajstić information content (AvgIpc) is 2.57. The number of morpholine rings is 1. The van der Waals surface area contributed by atoms with Gasteiger partial charge < -0.3 is 15.8 Å². The van der Waals surface area contributed by atoms with Crippen molar-refractivity contribution in [2.45, 2.75) is 44.9 Å². The molecule has 1 aromatic carbocycles. The van der Waals surface area contributed by atoms with Gasteiger partial charge in [0.1, 0.15) is 5.82 Å². The van der Waals surface area contributed by atoms with E-state index >= 15 is 0 Å². The predicted octanol–water partition coefficient (Wildman–Crippen LogP) is 2.48. The van der Waals surface area contributed by atoms with Crippen LogP contribution in [0.1, 0.15) is 38.3 Å². The highest BCUT2D eigenvalue weighted by Gasteiger charge is 2.29. The first-order chi connectivity index (χ1) is 11.9. The van der Waals surface area contributed by atoms with Gasteiger partial charge >= 0.3 is 0 Å². The smallest absolute Gasteiger partial charge is 0.236 e. The van der Waals surface area contributed by atoms with Crippen LogP contribution in [0.25, 0.3) is 0 Å². The Balaban J connectivity index is 2.19. The molecule has 1 aromatic rings. The predicted molar refractivity (Wildman–Crippen MR) is 97.0 cm³/mol. The maximum atomic E-state index is 14.5. The Morgan fingerprint density at radius 3 is 2.96 bits per heavy atom. The first-order valence-corrected chi connectivity index (χ1v) is 9.14. The second-order valence-corrected chi connectivity index (χ2v) is 6.87. The van der Waals surface area contributed by atoms with Crippen molar-refractivity contribution in [1.29, 1.82) is 0 Å². The van der Waals surface area contributed by atoms with Gasteiger partial charge in [0.05, 0.1) is 24.8 Å². The standard InChI is InChI=1S/C18H27ClFN3O2/c1-3-5-15(21)18(24)22-10-16(23-8-9-25-12(2)11-23)17-13(19)6-4-7-14(17)20/h4,6-7,12,15-16H,3,5,8-11,21H2,1-2H3,(H,22,24). The molecule has 0 radical (unpaired) electrons. The fraction of sp³-hybridized carbons (Fsp3) is 0.611. The zero-order valence-electron chi connectivity index (χ0n) is 14.8. The summed E-state index contributed by atoms with van der Waals surface area (Å²) in [6.45, 7) is 6.06. The first-order valence-electron chi connectivity index (χ1n) is 8.76. The van der Waals surface area contributed by atoms with Crippen LogP contribution in [0.5, 0.6) is 0 Å². The van der Waals surface area contributed by atoms with Crippen LogP contribution < -0.4 is 11.1 Å². The Morgan fingerprint density at radius 2 is 2.32 bits per heavy atom. The van der Waals surface area contributed by atoms with Crippen LogP contribution in [-0.4, -0.2) is 49.2 Å². The van der Waals surface area contributed by atoms with Crippen LogP contribution >= 0.6 is 11.6 Å². The molecular weight excluding hydrogens is 345 g/mol. The lowest BCUT2D eigenvalue weighted by atomic mass is 10.0. The second kappa shape index (κ2) is 9.48. The molecule has 140 valence electrons. The van der Waals surface area contributed by atoms with Gasteiger partial charge in [0, 0.05) is 30.2 Å². The van der Waals surface area contributed by atoms with Gasteiger partial charge in [-0.05, 0) is 25.5 Å². The van der Waals surface area contributed by atoms with Crippen molar-refractivity contribution < 1.29 is 13.9 Å². The lowest BCUT2D eigenvalue weighted by Crippen LogP contribution is -2.49. The fourth-order valence-corrected chi connectivity index (χ4v) is 3.43. The number of hydrogen-bond donors (Lipinski definition) is 2. The maximum Gasteiger partial charge on any atom is 0.236 e. The third-order valence-corrected chi connectivity index (χ3v) is 4.78. The molecule has 25 heavy (non-hydrogen) atoms. The van der Waals surface area contributed by atoms with Crippen molar-refractivity contribution in [2.75, 3.05) is 26.2 Å². The molecule has 7 heteroatoms. The number of ether oxygens (including phenoxy) is 1. The van der Waals surface area contributed by atoms with Crippen molar-refractivity contribution in [3.63, 3.8) is 0 Å². The van der Waals surface area contributed by atoms with Crippen LogP contribution in [-0.2, 0) is 9.53 Å². The Bertz CT molecular complexity index is 567. The van der Waals surface area contributed by atoms with Crippen molar-refractivity contribution in [3.8, 4) is 0 Å². The van der Waals surface area contributed by atoms with Crippen molar-refractivity contribution in [3.05, 3.63) is 34.6 Å². The average molecular weight is 372 g/mol. The van der Waals surface area contributed by atoms with E-state index in [1.54, 1.807) is 12.1 Å². The maximum absolute atomic E-state index is 14.5. The molecule has 2 rings (SSSR count). The molecule has 0 saturated carbocycles. The molecule has 0 spiro atoms. The fourth-order valence-electron chi connectivity index (χ4n) is 3.14. The van der Waals surface area contributed by atoms with E-state index in [4.69, 9.17) is 22.1 Å². The number of carbonyl (C=O) groups is 1. The van der Waals surface area contributed by atoms with E-state index in [-0.39, 0.29) is 30.4 Å². The Kier molecular flexibility index (Phi) is 7.62. The molecule has 5 nitrogen and oxygen atoms in total. The zero-order chi connectivity index (χ0) is 18.4. The highest BCUT2D eigenvalue weighted by atomic mass is 35.5. The normalized spacial score (nSPS) is 20.9. The topological polar surface area (TPSA) is 67.6 Å². The lowest BCUT2D eigenvalue weighted by molar-refractivity contribution is -0.123. The summed E-state index contributed by atoms with van der Waals surface area (Å²) in [6.07, 6.45) is 1.49. The van der Waals surface area contributed by atoms with E-state index in [9.17, 15) is 9.18 Å². The zero-order valence-corrected chi connectivity index (χ0v) is 15.6. The highest BCUT2D eigenvalue weighted by molar-refractivity contribution is 6.31. The molecule has 1 saturated heterocycles. The monoisotopic (exact) mass is 371 g/mol. The number of halogens is 2. The van der Waals surface area contributed by atoms with E-state index in [0.717, 1.165) is 6.42 Å². The molecule has 0 aliphatic carbocycles. The minimum absolute atomic E-state index is 0.0415. The third kappa shape index (κ3) is 5.38. The summed E-state index contributed by atoms with van der Waals surface area (Å²) in [4.78, 5) is 14.3. The quantitative estimate of drug-likeness (QED) is 0.772. The lowest BCUT2D eigenvalue weighted by Gasteiger charge is -2.38. The summed E-state index contributed by atoms with van der Waals surface area (Å²) in [5.74, 6) is -0.593. The largest absolute Gasteiger partial charge is 0.376 e. The summed E-state index contributed by atoms with van der Waals surface area (Å²) in [7, 11) is 0. The Labute approximate surface area is 153 Å². The Morgan fingerprint density at radius 1 is 1.56 bits per heavy atom. The molecular formula is C18H27ClFN3O2. The van der Waals surface area contributed by atoms with Crippen molar-refractivity contribution in [1.82, 2.24) is 10.2 Å². The molecule has 1 amide bonds. The number of carbonyl (C=O) groups excluding carboxylic acids is 1. The van der Waals surface area contributed by atoms with Crippen LogP contribution in [0.15, 0.2) is 18.2 Å². The number of nitrogens with two attached hydrogens (primary N) is 1. The summed E-state index contributed by atoms with van der Waals surface area (Å²) in [6, 6.07) is 3.73. The third-order valence-electron chi connectivity index (χ3n) is 4.45. The molecule has 3 N–H and O–H groups in total. The molecule has 0 bridgehead atoms. The van der Waals surface area contributed by atoms with Crippen molar-refractivity contribution >= 4 is 17.5 Å². The van der Waals surface area contributed by atoms with E-state index in [2.05, 4.69) is 10.2 Å². The molecule has 1 aliphatic rings. The minimum atomic E-state index is -0.551. The van der Waals surface area contributed by atoms with Gasteiger partial charge in [-0.3, -0.25) is 9.69 Å². The van der Waals surface area contributed by atoms with Crippen LogP contribution in [0.4, 0.5) is 4.39 Å². The van der Waals surface area contributed by atoms with Gasteiger partial charge in [0.15, 0.2) is 0 Å². The minimum Gasteiger partial charge on any atom is -0.376 e. The van der Waals surface area contributed by atoms with Gasteiger partial charge in [-0.15, -0.1) is 0 Å². The summed E-state index contributed by atoms with van der Waals surface area (Å²) in [5, 5.41) is 3.22. The number of rotatable bonds is 7. The first kappa shape index (κ1) is 20.1. The summed E-state index contributed by atoms with van der Waals surface area (Å²) < 4.78 is 20.1. The number of hydrogen-bond acceptors (Lipinski definition) is 4. The molecule has 0 aromatic heterocycles. The highest BCUT2D eigenvalue weighted by Crippen LogP contribution is 2.31. The van der Waals surface area contributed by atoms with Gasteiger partial charge in [-0.2, -0.15) is 0 Å². The van der Waals surface area contributed by atoms with Crippen LogP contribution in [0, 0.1) is 5.82 Å². The van der Waals surface area contributed by atoms with Crippen molar-refractivity contribution in [2.24, 2.45) is 5.73 Å². The summed E-state index contributed by atoms with van der Waals surface area (Å²) in [5.41, 5.74) is 6.27. The van der Waals surface area contributed by atoms with E-state index < -0.39 is 6.04 Å². The van der Waals surface area contributed by atoms with Gasteiger partial charge in [-0.25, -0.2) is 4.39 Å². The number of amides is 1. The van der Waals surface area contributed by atoms with E-state index in [1.165, 1.54) is 6.07 Å². The van der Waals surface area contributed by atoms with Crippen LogP contribution in [0.3, 0.4) is 0 Å². The van der Waals surface area contributed by atoms with Gasteiger partial charge in [0.2, 0.25) is 5.91 Å². The van der Waals surface area contributed by atoms with Gasteiger partial charge in [-0.1, -0.05) is 31.0 Å². The molecule has 3 atom stereocenters. The Hall–Kier alpha value is -1.21.